The Morgan fingerprint density at radius 1 is 0.880 bits per heavy atom. The number of nitrogens with one attached hydrogen (secondary N) is 2. The highest BCUT2D eigenvalue weighted by Gasteiger charge is 2.12. The van der Waals surface area contributed by atoms with Gasteiger partial charge in [0.1, 0.15) is 5.82 Å². The van der Waals surface area contributed by atoms with Crippen molar-refractivity contribution in [2.75, 3.05) is 10.6 Å². The molecule has 0 unspecified atom stereocenters. The number of benzene rings is 2. The zero-order chi connectivity index (χ0) is 18.6. The summed E-state index contributed by atoms with van der Waals surface area (Å²) in [7, 11) is 0. The molecule has 2 aromatic carbocycles. The molecule has 2 rings (SSSR count). The molecule has 5 heteroatoms. The summed E-state index contributed by atoms with van der Waals surface area (Å²) in [6.07, 6.45) is 1.39. The van der Waals surface area contributed by atoms with Gasteiger partial charge in [-0.05, 0) is 51.0 Å². The predicted octanol–water partition coefficient (Wildman–Crippen LogP) is 5.66. The SMILES string of the molecule is Cc1ccc(NC(=CC(=O)C(Cl)Cl)Nc2ccc(C)cc2C)c(C)c1. The molecule has 0 aliphatic heterocycles. The van der Waals surface area contributed by atoms with Crippen molar-refractivity contribution in [2.24, 2.45) is 0 Å². The third-order valence-electron chi connectivity index (χ3n) is 3.80. The summed E-state index contributed by atoms with van der Waals surface area (Å²) < 4.78 is 0. The lowest BCUT2D eigenvalue weighted by Gasteiger charge is -2.17. The number of anilines is 2. The molecule has 0 aliphatic carbocycles. The van der Waals surface area contributed by atoms with Crippen LogP contribution in [0.3, 0.4) is 0 Å². The average molecular weight is 377 g/mol. The van der Waals surface area contributed by atoms with Crippen molar-refractivity contribution in [2.45, 2.75) is 32.5 Å². The van der Waals surface area contributed by atoms with E-state index in [2.05, 4.69) is 22.8 Å². The molecule has 0 heterocycles. The number of ketones is 1. The monoisotopic (exact) mass is 376 g/mol. The standard InChI is InChI=1S/C20H22Cl2N2O/c1-12-5-7-16(14(3)9-12)23-19(11-18(25)20(21)22)24-17-8-6-13(2)10-15(17)4/h5-11,20,23-24H,1-4H3. The molecule has 2 N–H and O–H groups in total. The van der Waals surface area contributed by atoms with Crippen LogP contribution in [0.5, 0.6) is 0 Å². The molecule has 0 atom stereocenters. The molecule has 25 heavy (non-hydrogen) atoms. The normalized spacial score (nSPS) is 10.5. The first kappa shape index (κ1) is 19.4. The van der Waals surface area contributed by atoms with E-state index in [4.69, 9.17) is 23.2 Å². The second-order valence-electron chi connectivity index (χ2n) is 6.15. The number of carbonyl (C=O) groups is 1. The van der Waals surface area contributed by atoms with Crippen LogP contribution < -0.4 is 10.6 Å². The molecule has 0 saturated carbocycles. The van der Waals surface area contributed by atoms with Gasteiger partial charge in [0.25, 0.3) is 0 Å². The Labute approximate surface area is 159 Å². The molecule has 0 bridgehead atoms. The first-order valence-corrected chi connectivity index (χ1v) is 8.86. The maximum atomic E-state index is 12.0. The van der Waals surface area contributed by atoms with E-state index >= 15 is 0 Å². The quantitative estimate of drug-likeness (QED) is 0.504. The summed E-state index contributed by atoms with van der Waals surface area (Å²) in [5, 5.41) is 6.52. The molecular formula is C20H22Cl2N2O. The number of carbonyl (C=O) groups excluding carboxylic acids is 1. The van der Waals surface area contributed by atoms with Crippen LogP contribution in [0.4, 0.5) is 11.4 Å². The largest absolute Gasteiger partial charge is 0.341 e. The highest BCUT2D eigenvalue weighted by atomic mass is 35.5. The zero-order valence-electron chi connectivity index (χ0n) is 14.8. The second kappa shape index (κ2) is 8.41. The van der Waals surface area contributed by atoms with Gasteiger partial charge >= 0.3 is 0 Å². The maximum Gasteiger partial charge on any atom is 0.192 e. The van der Waals surface area contributed by atoms with Crippen LogP contribution in [0.25, 0.3) is 0 Å². The first-order valence-electron chi connectivity index (χ1n) is 7.98. The van der Waals surface area contributed by atoms with Crippen LogP contribution in [-0.4, -0.2) is 10.6 Å². The van der Waals surface area contributed by atoms with E-state index in [1.807, 2.05) is 52.0 Å². The van der Waals surface area contributed by atoms with Crippen molar-refractivity contribution < 1.29 is 4.79 Å². The van der Waals surface area contributed by atoms with Gasteiger partial charge in [-0.2, -0.15) is 0 Å². The number of hydrogen-bond acceptors (Lipinski definition) is 3. The van der Waals surface area contributed by atoms with Crippen molar-refractivity contribution in [3.05, 3.63) is 70.5 Å². The van der Waals surface area contributed by atoms with Crippen LogP contribution in [0.2, 0.25) is 0 Å². The lowest BCUT2D eigenvalue weighted by molar-refractivity contribution is -0.113. The van der Waals surface area contributed by atoms with Gasteiger partial charge in [-0.3, -0.25) is 4.79 Å². The second-order valence-corrected chi connectivity index (χ2v) is 7.24. The van der Waals surface area contributed by atoms with Gasteiger partial charge < -0.3 is 10.6 Å². The lowest BCUT2D eigenvalue weighted by atomic mass is 10.1. The van der Waals surface area contributed by atoms with Crippen LogP contribution >= 0.6 is 23.2 Å². The Morgan fingerprint density at radius 2 is 1.32 bits per heavy atom. The van der Waals surface area contributed by atoms with Gasteiger partial charge in [-0.25, -0.2) is 0 Å². The number of aryl methyl sites for hydroxylation is 4. The highest BCUT2D eigenvalue weighted by Crippen LogP contribution is 2.22. The van der Waals surface area contributed by atoms with Crippen LogP contribution in [-0.2, 0) is 4.79 Å². The molecule has 0 amide bonds. The number of allylic oxidation sites excluding steroid dienone is 1. The third-order valence-corrected chi connectivity index (χ3v) is 4.23. The number of halogens is 2. The van der Waals surface area contributed by atoms with Gasteiger partial charge in [0.15, 0.2) is 10.6 Å². The van der Waals surface area contributed by atoms with Gasteiger partial charge in [-0.15, -0.1) is 0 Å². The summed E-state index contributed by atoms with van der Waals surface area (Å²) in [4.78, 5) is 10.9. The molecule has 2 aromatic rings. The van der Waals surface area contributed by atoms with Gasteiger partial charge in [0, 0.05) is 17.5 Å². The van der Waals surface area contributed by atoms with Gasteiger partial charge in [0.05, 0.1) is 0 Å². The zero-order valence-corrected chi connectivity index (χ0v) is 16.3. The molecule has 0 spiro atoms. The summed E-state index contributed by atoms with van der Waals surface area (Å²) in [5.74, 6) is 0.142. The lowest BCUT2D eigenvalue weighted by Crippen LogP contribution is -2.15. The minimum Gasteiger partial charge on any atom is -0.341 e. The first-order chi connectivity index (χ1) is 11.8. The molecule has 3 nitrogen and oxygen atoms in total. The maximum absolute atomic E-state index is 12.0. The molecular weight excluding hydrogens is 355 g/mol. The Hall–Kier alpha value is -1.97. The van der Waals surface area contributed by atoms with Crippen molar-refractivity contribution >= 4 is 40.4 Å². The number of alkyl halides is 2. The van der Waals surface area contributed by atoms with Crippen molar-refractivity contribution in [3.63, 3.8) is 0 Å². The Kier molecular flexibility index (Phi) is 6.51. The van der Waals surface area contributed by atoms with E-state index in [9.17, 15) is 4.79 Å². The predicted molar refractivity (Wildman–Crippen MR) is 108 cm³/mol. The van der Waals surface area contributed by atoms with Crippen molar-refractivity contribution in [1.29, 1.82) is 0 Å². The summed E-state index contributed by atoms with van der Waals surface area (Å²) in [5.41, 5.74) is 6.32. The minimum absolute atomic E-state index is 0.382. The van der Waals surface area contributed by atoms with E-state index in [1.54, 1.807) is 0 Å². The number of hydrogen-bond donors (Lipinski definition) is 2. The fourth-order valence-corrected chi connectivity index (χ4v) is 2.63. The molecule has 0 aliphatic rings. The highest BCUT2D eigenvalue weighted by molar-refractivity contribution is 6.54. The Bertz CT molecular complexity index is 758. The van der Waals surface area contributed by atoms with E-state index in [-0.39, 0.29) is 5.78 Å². The van der Waals surface area contributed by atoms with Crippen molar-refractivity contribution in [3.8, 4) is 0 Å². The van der Waals surface area contributed by atoms with Gasteiger partial charge in [0.2, 0.25) is 0 Å². The Balaban J connectivity index is 2.34. The summed E-state index contributed by atoms with van der Waals surface area (Å²) >= 11 is 11.4. The van der Waals surface area contributed by atoms with E-state index in [1.165, 1.54) is 17.2 Å². The fourth-order valence-electron chi connectivity index (χ4n) is 2.51. The molecule has 132 valence electrons. The number of rotatable bonds is 6. The third kappa shape index (κ3) is 5.52. The van der Waals surface area contributed by atoms with Crippen LogP contribution in [0.1, 0.15) is 22.3 Å². The van der Waals surface area contributed by atoms with E-state index < -0.39 is 4.84 Å². The van der Waals surface area contributed by atoms with Crippen LogP contribution in [0.15, 0.2) is 48.3 Å². The fraction of sp³-hybridized carbons (Fsp3) is 0.250. The van der Waals surface area contributed by atoms with E-state index in [0.717, 1.165) is 22.5 Å². The van der Waals surface area contributed by atoms with Gasteiger partial charge in [-0.1, -0.05) is 58.6 Å². The minimum atomic E-state index is -1.10. The van der Waals surface area contributed by atoms with Crippen molar-refractivity contribution in [1.82, 2.24) is 0 Å². The molecule has 0 fully saturated rings. The Morgan fingerprint density at radius 3 is 1.68 bits per heavy atom. The van der Waals surface area contributed by atoms with Crippen LogP contribution in [0, 0.1) is 27.7 Å². The summed E-state index contributed by atoms with van der Waals surface area (Å²) in [6.45, 7) is 8.10. The summed E-state index contributed by atoms with van der Waals surface area (Å²) in [6, 6.07) is 12.1. The molecule has 0 radical (unpaired) electrons. The molecule has 0 aromatic heterocycles. The molecule has 0 saturated heterocycles. The smallest absolute Gasteiger partial charge is 0.192 e. The van der Waals surface area contributed by atoms with E-state index in [0.29, 0.717) is 5.82 Å². The topological polar surface area (TPSA) is 41.1 Å². The average Bonchev–Trinajstić information content (AvgIpc) is 2.52.